The molecule has 29 heavy (non-hydrogen) atoms. The largest absolute Gasteiger partial charge is 0.493 e. The Morgan fingerprint density at radius 2 is 2.03 bits per heavy atom. The van der Waals surface area contributed by atoms with Gasteiger partial charge in [0.1, 0.15) is 11.6 Å². The molecule has 0 radical (unpaired) electrons. The number of esters is 1. The van der Waals surface area contributed by atoms with Crippen molar-refractivity contribution >= 4 is 18.0 Å². The Hall–Kier alpha value is -3.07. The smallest absolute Gasteiger partial charge is 0.311 e. The molecule has 0 heterocycles. The quantitative estimate of drug-likeness (QED) is 0.222. The summed E-state index contributed by atoms with van der Waals surface area (Å²) in [6, 6.07) is 6.79. The summed E-state index contributed by atoms with van der Waals surface area (Å²) in [7, 11) is 1.48. The van der Waals surface area contributed by atoms with Crippen molar-refractivity contribution in [2.24, 2.45) is 5.92 Å². The summed E-state index contributed by atoms with van der Waals surface area (Å²) < 4.78 is 10.8. The Labute approximate surface area is 172 Å². The highest BCUT2D eigenvalue weighted by molar-refractivity contribution is 6.01. The highest BCUT2D eigenvalue weighted by atomic mass is 16.6. The van der Waals surface area contributed by atoms with Crippen molar-refractivity contribution in [3.05, 3.63) is 42.0 Å². The van der Waals surface area contributed by atoms with Crippen LogP contribution < -0.4 is 14.8 Å². The molecular formula is C23H28N2O4. The van der Waals surface area contributed by atoms with E-state index in [2.05, 4.69) is 11.9 Å². The second-order valence-electron chi connectivity index (χ2n) is 7.10. The van der Waals surface area contributed by atoms with Crippen LogP contribution in [0.5, 0.6) is 11.5 Å². The van der Waals surface area contributed by atoms with E-state index in [4.69, 9.17) is 9.47 Å². The summed E-state index contributed by atoms with van der Waals surface area (Å²) in [5.41, 5.74) is 0.556. The van der Waals surface area contributed by atoms with Crippen LogP contribution in [0.25, 0.3) is 6.08 Å². The van der Waals surface area contributed by atoms with Gasteiger partial charge < -0.3 is 14.8 Å². The van der Waals surface area contributed by atoms with E-state index in [0.717, 1.165) is 6.42 Å². The van der Waals surface area contributed by atoms with E-state index >= 15 is 0 Å². The number of rotatable bonds is 9. The molecule has 0 unspecified atom stereocenters. The number of nitriles is 1. The summed E-state index contributed by atoms with van der Waals surface area (Å²) in [6.45, 7) is 3.80. The Morgan fingerprint density at radius 1 is 1.28 bits per heavy atom. The second-order valence-corrected chi connectivity index (χ2v) is 7.10. The Kier molecular flexibility index (Phi) is 8.97. The van der Waals surface area contributed by atoms with Crippen LogP contribution in [-0.4, -0.2) is 25.5 Å². The molecule has 154 valence electrons. The van der Waals surface area contributed by atoms with E-state index in [1.165, 1.54) is 51.4 Å². The van der Waals surface area contributed by atoms with E-state index in [0.29, 0.717) is 29.4 Å². The van der Waals surface area contributed by atoms with Gasteiger partial charge in [-0.1, -0.05) is 44.2 Å². The van der Waals surface area contributed by atoms with E-state index in [1.54, 1.807) is 18.2 Å². The summed E-state index contributed by atoms with van der Waals surface area (Å²) in [5, 5.41) is 11.8. The van der Waals surface area contributed by atoms with Crippen LogP contribution in [0.3, 0.4) is 0 Å². The highest BCUT2D eigenvalue weighted by Gasteiger charge is 2.17. The molecule has 1 aromatic rings. The van der Waals surface area contributed by atoms with Crippen LogP contribution in [-0.2, 0) is 9.59 Å². The summed E-state index contributed by atoms with van der Waals surface area (Å²) >= 11 is 0. The molecule has 6 heteroatoms. The fraction of sp³-hybridized carbons (Fsp3) is 0.435. The number of hydrogen-bond acceptors (Lipinski definition) is 5. The summed E-state index contributed by atoms with van der Waals surface area (Å²) in [4.78, 5) is 24.2. The van der Waals surface area contributed by atoms with Gasteiger partial charge in [-0.05, 0) is 36.1 Å². The second kappa shape index (κ2) is 11.7. The molecule has 0 spiro atoms. The van der Waals surface area contributed by atoms with E-state index in [1.807, 2.05) is 6.07 Å². The number of nitrogens with one attached hydrogen (secondary N) is 1. The minimum Gasteiger partial charge on any atom is -0.493 e. The maximum atomic E-state index is 12.2. The van der Waals surface area contributed by atoms with E-state index in [-0.39, 0.29) is 18.1 Å². The minimum atomic E-state index is -0.482. The molecule has 0 saturated heterocycles. The fourth-order valence-electron chi connectivity index (χ4n) is 3.41. The van der Waals surface area contributed by atoms with Gasteiger partial charge in [-0.25, -0.2) is 0 Å². The van der Waals surface area contributed by atoms with Crippen LogP contribution in [0.1, 0.15) is 50.5 Å². The van der Waals surface area contributed by atoms with Crippen LogP contribution in [0.15, 0.2) is 36.4 Å². The van der Waals surface area contributed by atoms with E-state index in [9.17, 15) is 14.9 Å². The van der Waals surface area contributed by atoms with Crippen molar-refractivity contribution in [2.45, 2.75) is 44.9 Å². The zero-order valence-corrected chi connectivity index (χ0v) is 16.9. The van der Waals surface area contributed by atoms with Gasteiger partial charge in [0, 0.05) is 13.0 Å². The highest BCUT2D eigenvalue weighted by Crippen LogP contribution is 2.31. The standard InChI is InChI=1S/C23H28N2O4/c1-3-13-25-23(27)19(16-24)14-18-9-11-20(21(15-18)28-2)29-22(26)12-10-17-7-5-4-6-8-17/h3,9,11,14-15,17H,1,4-8,10,12-13H2,2H3,(H,25,27)/b19-14-. The number of carbonyl (C=O) groups excluding carboxylic acids is 2. The molecule has 0 bridgehead atoms. The Balaban J connectivity index is 2.02. The predicted octanol–water partition coefficient (Wildman–Crippen LogP) is 4.17. The Bertz CT molecular complexity index is 802. The average molecular weight is 396 g/mol. The summed E-state index contributed by atoms with van der Waals surface area (Å²) in [5.74, 6) is 0.548. The van der Waals surface area contributed by atoms with Gasteiger partial charge in [0.15, 0.2) is 11.5 Å². The first-order chi connectivity index (χ1) is 14.1. The van der Waals surface area contributed by atoms with Gasteiger partial charge in [-0.3, -0.25) is 9.59 Å². The molecule has 1 N–H and O–H groups in total. The number of amides is 1. The molecule has 0 aromatic heterocycles. The molecule has 0 atom stereocenters. The van der Waals surface area contributed by atoms with Crippen molar-refractivity contribution in [3.8, 4) is 17.6 Å². The van der Waals surface area contributed by atoms with Gasteiger partial charge in [-0.15, -0.1) is 6.58 Å². The number of benzene rings is 1. The minimum absolute atomic E-state index is 0.0360. The first-order valence-electron chi connectivity index (χ1n) is 9.97. The van der Waals surface area contributed by atoms with Gasteiger partial charge in [0.25, 0.3) is 5.91 Å². The lowest BCUT2D eigenvalue weighted by atomic mass is 9.86. The van der Waals surface area contributed by atoms with Crippen LogP contribution in [0, 0.1) is 17.2 Å². The van der Waals surface area contributed by atoms with Gasteiger partial charge in [-0.2, -0.15) is 5.26 Å². The van der Waals surface area contributed by atoms with Crippen molar-refractivity contribution in [3.63, 3.8) is 0 Å². The number of ether oxygens (including phenoxy) is 2. The van der Waals surface area contributed by atoms with E-state index < -0.39 is 5.91 Å². The molecule has 1 amide bonds. The lowest BCUT2D eigenvalue weighted by molar-refractivity contribution is -0.134. The summed E-state index contributed by atoms with van der Waals surface area (Å²) in [6.07, 6.45) is 10.4. The Morgan fingerprint density at radius 3 is 2.69 bits per heavy atom. The number of carbonyl (C=O) groups is 2. The molecule has 1 aromatic carbocycles. The molecule has 1 fully saturated rings. The maximum Gasteiger partial charge on any atom is 0.311 e. The number of hydrogen-bond donors (Lipinski definition) is 1. The third-order valence-corrected chi connectivity index (χ3v) is 4.98. The average Bonchev–Trinajstić information content (AvgIpc) is 2.75. The fourth-order valence-corrected chi connectivity index (χ4v) is 3.41. The van der Waals surface area contributed by atoms with Crippen LogP contribution in [0.2, 0.25) is 0 Å². The van der Waals surface area contributed by atoms with Crippen molar-refractivity contribution < 1.29 is 19.1 Å². The molecule has 0 aliphatic heterocycles. The molecule has 1 aliphatic carbocycles. The third-order valence-electron chi connectivity index (χ3n) is 4.98. The van der Waals surface area contributed by atoms with Crippen LogP contribution >= 0.6 is 0 Å². The van der Waals surface area contributed by atoms with Crippen LogP contribution in [0.4, 0.5) is 0 Å². The SMILES string of the molecule is C=CCNC(=O)/C(C#N)=C\c1ccc(OC(=O)CCC2CCCCC2)c(OC)c1. The zero-order valence-electron chi connectivity index (χ0n) is 16.9. The lowest BCUT2D eigenvalue weighted by Gasteiger charge is -2.20. The number of methoxy groups -OCH3 is 1. The van der Waals surface area contributed by atoms with Crippen molar-refractivity contribution in [1.29, 1.82) is 5.26 Å². The predicted molar refractivity (Wildman–Crippen MR) is 111 cm³/mol. The van der Waals surface area contributed by atoms with Gasteiger partial charge in [0.2, 0.25) is 0 Å². The molecule has 1 saturated carbocycles. The first kappa shape index (κ1) is 22.2. The normalized spacial score (nSPS) is 14.6. The molecule has 6 nitrogen and oxygen atoms in total. The monoisotopic (exact) mass is 396 g/mol. The van der Waals surface area contributed by atoms with Crippen molar-refractivity contribution in [1.82, 2.24) is 5.32 Å². The number of nitrogens with zero attached hydrogens (tertiary/aromatic N) is 1. The lowest BCUT2D eigenvalue weighted by Crippen LogP contribution is -2.24. The topological polar surface area (TPSA) is 88.4 Å². The van der Waals surface area contributed by atoms with Crippen molar-refractivity contribution in [2.75, 3.05) is 13.7 Å². The zero-order chi connectivity index (χ0) is 21.1. The molecular weight excluding hydrogens is 368 g/mol. The van der Waals surface area contributed by atoms with Gasteiger partial charge in [0.05, 0.1) is 7.11 Å². The molecule has 2 rings (SSSR count). The maximum absolute atomic E-state index is 12.2. The molecule has 1 aliphatic rings. The third kappa shape index (κ3) is 7.11. The van der Waals surface area contributed by atoms with Gasteiger partial charge >= 0.3 is 5.97 Å². The first-order valence-corrected chi connectivity index (χ1v) is 9.97.